The van der Waals surface area contributed by atoms with Crippen LogP contribution in [0.5, 0.6) is 5.75 Å². The van der Waals surface area contributed by atoms with Crippen molar-refractivity contribution in [1.82, 2.24) is 25.3 Å². The van der Waals surface area contributed by atoms with Gasteiger partial charge >= 0.3 is 0 Å². The first-order chi connectivity index (χ1) is 15.2. The van der Waals surface area contributed by atoms with E-state index in [1.54, 1.807) is 35.3 Å². The summed E-state index contributed by atoms with van der Waals surface area (Å²) in [5.74, 6) is 0.396. The number of nitrogens with one attached hydrogen (secondary N) is 1. The summed E-state index contributed by atoms with van der Waals surface area (Å²) in [4.78, 5) is 17.2. The van der Waals surface area contributed by atoms with Crippen LogP contribution in [0.15, 0.2) is 73.1 Å². The monoisotopic (exact) mass is 433 g/mol. The summed E-state index contributed by atoms with van der Waals surface area (Å²) in [6, 6.07) is 18.4. The van der Waals surface area contributed by atoms with Crippen LogP contribution in [0.2, 0.25) is 5.02 Å². The molecule has 2 aromatic carbocycles. The largest absolute Gasteiger partial charge is 0.494 e. The van der Waals surface area contributed by atoms with Gasteiger partial charge in [-0.1, -0.05) is 35.0 Å². The van der Waals surface area contributed by atoms with Gasteiger partial charge in [0.1, 0.15) is 11.4 Å². The van der Waals surface area contributed by atoms with Crippen molar-refractivity contribution >= 4 is 17.5 Å². The van der Waals surface area contributed by atoms with Crippen molar-refractivity contribution < 1.29 is 9.53 Å². The summed E-state index contributed by atoms with van der Waals surface area (Å²) in [6.45, 7) is 2.77. The van der Waals surface area contributed by atoms with E-state index in [9.17, 15) is 4.79 Å². The molecule has 0 bridgehead atoms. The topological polar surface area (TPSA) is 81.9 Å². The van der Waals surface area contributed by atoms with Crippen molar-refractivity contribution in [3.8, 4) is 22.7 Å². The first kappa shape index (κ1) is 20.6. The molecule has 31 heavy (non-hydrogen) atoms. The van der Waals surface area contributed by atoms with Gasteiger partial charge in [-0.3, -0.25) is 9.78 Å². The number of para-hydroxylation sites is 1. The molecule has 1 amide bonds. The fourth-order valence-corrected chi connectivity index (χ4v) is 3.29. The van der Waals surface area contributed by atoms with E-state index in [1.165, 1.54) is 0 Å². The predicted molar refractivity (Wildman–Crippen MR) is 118 cm³/mol. The van der Waals surface area contributed by atoms with E-state index in [0.717, 1.165) is 22.6 Å². The number of carbonyl (C=O) groups is 1. The van der Waals surface area contributed by atoms with E-state index in [2.05, 4.69) is 20.6 Å². The molecule has 0 saturated carbocycles. The van der Waals surface area contributed by atoms with Gasteiger partial charge in [-0.25, -0.2) is 4.68 Å². The average molecular weight is 434 g/mol. The van der Waals surface area contributed by atoms with Gasteiger partial charge in [-0.15, -0.1) is 5.10 Å². The molecule has 0 saturated heterocycles. The molecule has 0 aliphatic heterocycles. The van der Waals surface area contributed by atoms with Crippen molar-refractivity contribution in [2.45, 2.75) is 13.5 Å². The van der Waals surface area contributed by atoms with Gasteiger partial charge in [0, 0.05) is 35.1 Å². The molecule has 0 radical (unpaired) electrons. The van der Waals surface area contributed by atoms with Crippen molar-refractivity contribution in [2.24, 2.45) is 0 Å². The number of nitrogens with zero attached hydrogens (tertiary/aromatic N) is 4. The fraction of sp³-hybridized carbons (Fsp3) is 0.130. The van der Waals surface area contributed by atoms with Crippen molar-refractivity contribution in [3.05, 3.63) is 89.3 Å². The Hall–Kier alpha value is -3.71. The Labute approximate surface area is 184 Å². The second-order valence-corrected chi connectivity index (χ2v) is 7.08. The predicted octanol–water partition coefficient (Wildman–Crippen LogP) is 4.31. The van der Waals surface area contributed by atoms with E-state index in [4.69, 9.17) is 16.3 Å². The molecule has 0 aliphatic rings. The van der Waals surface area contributed by atoms with Gasteiger partial charge < -0.3 is 10.1 Å². The molecule has 0 unspecified atom stereocenters. The van der Waals surface area contributed by atoms with Crippen molar-refractivity contribution in [2.75, 3.05) is 6.61 Å². The minimum absolute atomic E-state index is 0.205. The van der Waals surface area contributed by atoms with Crippen molar-refractivity contribution in [3.63, 3.8) is 0 Å². The van der Waals surface area contributed by atoms with Gasteiger partial charge in [0.05, 0.1) is 12.3 Å². The molecular formula is C23H20ClN5O2. The third-order valence-electron chi connectivity index (χ3n) is 4.60. The van der Waals surface area contributed by atoms with Crippen LogP contribution in [-0.4, -0.2) is 32.5 Å². The molecule has 7 nitrogen and oxygen atoms in total. The van der Waals surface area contributed by atoms with Crippen molar-refractivity contribution in [1.29, 1.82) is 0 Å². The summed E-state index contributed by atoms with van der Waals surface area (Å²) in [7, 11) is 0. The lowest BCUT2D eigenvalue weighted by Crippen LogP contribution is -2.24. The van der Waals surface area contributed by atoms with Crippen LogP contribution in [-0.2, 0) is 6.54 Å². The summed E-state index contributed by atoms with van der Waals surface area (Å²) in [5, 5.41) is 11.9. The molecule has 0 fully saturated rings. The van der Waals surface area contributed by atoms with Gasteiger partial charge in [0.15, 0.2) is 5.69 Å². The lowest BCUT2D eigenvalue weighted by molar-refractivity contribution is 0.0946. The average Bonchev–Trinajstić information content (AvgIpc) is 3.25. The van der Waals surface area contributed by atoms with Gasteiger partial charge in [0.2, 0.25) is 0 Å². The molecule has 0 atom stereocenters. The number of halogens is 1. The van der Waals surface area contributed by atoms with Crippen LogP contribution in [0.25, 0.3) is 16.9 Å². The Kier molecular flexibility index (Phi) is 6.24. The molecular weight excluding hydrogens is 414 g/mol. The quantitative estimate of drug-likeness (QED) is 0.469. The van der Waals surface area contributed by atoms with E-state index >= 15 is 0 Å². The Morgan fingerprint density at radius 1 is 1.10 bits per heavy atom. The Balaban J connectivity index is 1.67. The molecule has 0 aliphatic carbocycles. The minimum Gasteiger partial charge on any atom is -0.494 e. The van der Waals surface area contributed by atoms with Crippen LogP contribution >= 0.6 is 11.6 Å². The second-order valence-electron chi connectivity index (χ2n) is 6.64. The lowest BCUT2D eigenvalue weighted by atomic mass is 10.1. The molecule has 156 valence electrons. The third-order valence-corrected chi connectivity index (χ3v) is 4.86. The third kappa shape index (κ3) is 4.57. The molecule has 2 aromatic heterocycles. The highest BCUT2D eigenvalue weighted by molar-refractivity contribution is 6.30. The number of pyridine rings is 1. The summed E-state index contributed by atoms with van der Waals surface area (Å²) >= 11 is 6.02. The number of hydrogen-bond acceptors (Lipinski definition) is 5. The molecule has 8 heteroatoms. The number of benzene rings is 2. The molecule has 2 heterocycles. The number of hydrogen-bond donors (Lipinski definition) is 1. The maximum Gasteiger partial charge on any atom is 0.274 e. The van der Waals surface area contributed by atoms with Gasteiger partial charge in [0.25, 0.3) is 5.91 Å². The number of amides is 1. The van der Waals surface area contributed by atoms with Gasteiger partial charge in [-0.2, -0.15) is 0 Å². The fourth-order valence-electron chi connectivity index (χ4n) is 3.17. The maximum atomic E-state index is 13.1. The number of ether oxygens (including phenoxy) is 1. The zero-order valence-corrected chi connectivity index (χ0v) is 17.6. The van der Waals surface area contributed by atoms with Crippen LogP contribution in [0.1, 0.15) is 23.0 Å². The van der Waals surface area contributed by atoms with Gasteiger partial charge in [-0.05, 0) is 49.4 Å². The summed E-state index contributed by atoms with van der Waals surface area (Å²) in [5.41, 5.74) is 3.09. The van der Waals surface area contributed by atoms with Crippen LogP contribution in [0.4, 0.5) is 0 Å². The van der Waals surface area contributed by atoms with E-state index in [0.29, 0.717) is 23.9 Å². The smallest absolute Gasteiger partial charge is 0.274 e. The highest BCUT2D eigenvalue weighted by Crippen LogP contribution is 2.26. The van der Waals surface area contributed by atoms with Crippen LogP contribution in [0, 0.1) is 0 Å². The zero-order chi connectivity index (χ0) is 21.6. The van der Waals surface area contributed by atoms with E-state index in [-0.39, 0.29) is 11.6 Å². The maximum absolute atomic E-state index is 13.1. The standard InChI is InChI=1S/C23H20ClN5O2/c1-2-31-20-8-4-3-6-16(20)15-26-23(30)21-22(17-7-5-13-25-14-17)29(28-27-21)19-11-9-18(24)10-12-19/h3-14H,2,15H2,1H3,(H,26,30). The zero-order valence-electron chi connectivity index (χ0n) is 16.8. The number of aromatic nitrogens is 4. The number of carbonyl (C=O) groups excluding carboxylic acids is 1. The van der Waals surface area contributed by atoms with Crippen LogP contribution in [0.3, 0.4) is 0 Å². The Morgan fingerprint density at radius 3 is 2.65 bits per heavy atom. The normalized spacial score (nSPS) is 10.6. The first-order valence-corrected chi connectivity index (χ1v) is 10.2. The number of rotatable bonds is 7. The molecule has 4 aromatic rings. The molecule has 4 rings (SSSR count). The summed E-state index contributed by atoms with van der Waals surface area (Å²) in [6.07, 6.45) is 3.34. The lowest BCUT2D eigenvalue weighted by Gasteiger charge is -2.11. The second kappa shape index (κ2) is 9.40. The van der Waals surface area contributed by atoms with E-state index in [1.807, 2.05) is 49.4 Å². The van der Waals surface area contributed by atoms with E-state index < -0.39 is 0 Å². The summed E-state index contributed by atoms with van der Waals surface area (Å²) < 4.78 is 7.24. The van der Waals surface area contributed by atoms with Crippen LogP contribution < -0.4 is 10.1 Å². The first-order valence-electron chi connectivity index (χ1n) is 9.78. The highest BCUT2D eigenvalue weighted by atomic mass is 35.5. The molecule has 0 spiro atoms. The minimum atomic E-state index is -0.342. The Bertz CT molecular complexity index is 1180. The Morgan fingerprint density at radius 2 is 1.90 bits per heavy atom. The SMILES string of the molecule is CCOc1ccccc1CNC(=O)c1nnn(-c2ccc(Cl)cc2)c1-c1cccnc1. The highest BCUT2D eigenvalue weighted by Gasteiger charge is 2.22. The molecule has 1 N–H and O–H groups in total.